The maximum Gasteiger partial charge on any atom is 0.242 e. The van der Waals surface area contributed by atoms with E-state index in [2.05, 4.69) is 24.5 Å². The SMILES string of the molecule is CC(C)C(NCC(=O)Nc1cc(S(=O)(=O)N(C)C)ccc1Cl)c1ccc(Cl)cc1. The average molecular weight is 458 g/mol. The fourth-order valence-corrected chi connectivity index (χ4v) is 4.00. The van der Waals surface area contributed by atoms with Crippen LogP contribution in [0.2, 0.25) is 10.0 Å². The summed E-state index contributed by atoms with van der Waals surface area (Å²) >= 11 is 12.1. The van der Waals surface area contributed by atoms with Crippen LogP contribution in [0.4, 0.5) is 5.69 Å². The lowest BCUT2D eigenvalue weighted by Gasteiger charge is -2.23. The standard InChI is InChI=1S/C20H25Cl2N3O3S/c1-13(2)20(14-5-7-15(21)8-6-14)23-12-19(26)24-18-11-16(9-10-17(18)22)29(27,28)25(3)4/h5-11,13,20,23H,12H2,1-4H3,(H,24,26). The highest BCUT2D eigenvalue weighted by Gasteiger charge is 2.20. The second-order valence-corrected chi connectivity index (χ2v) is 10.1. The predicted molar refractivity (Wildman–Crippen MR) is 118 cm³/mol. The van der Waals surface area contributed by atoms with Gasteiger partial charge in [-0.1, -0.05) is 49.2 Å². The third kappa shape index (κ3) is 6.17. The van der Waals surface area contributed by atoms with Crippen LogP contribution in [0.5, 0.6) is 0 Å². The van der Waals surface area contributed by atoms with Gasteiger partial charge in [0.2, 0.25) is 15.9 Å². The van der Waals surface area contributed by atoms with Crippen LogP contribution in [0.25, 0.3) is 0 Å². The Labute approximate surface area is 182 Å². The topological polar surface area (TPSA) is 78.5 Å². The van der Waals surface area contributed by atoms with Crippen LogP contribution in [-0.4, -0.2) is 39.3 Å². The molecule has 1 amide bonds. The van der Waals surface area contributed by atoms with Crippen molar-refractivity contribution < 1.29 is 13.2 Å². The number of carbonyl (C=O) groups excluding carboxylic acids is 1. The molecule has 0 heterocycles. The van der Waals surface area contributed by atoms with Crippen LogP contribution in [0.3, 0.4) is 0 Å². The zero-order chi connectivity index (χ0) is 21.8. The number of hydrogen-bond donors (Lipinski definition) is 2. The molecular formula is C20H25Cl2N3O3S. The molecule has 0 bridgehead atoms. The van der Waals surface area contributed by atoms with Gasteiger partial charge in [-0.15, -0.1) is 0 Å². The number of carbonyl (C=O) groups is 1. The number of amides is 1. The highest BCUT2D eigenvalue weighted by atomic mass is 35.5. The molecule has 1 atom stereocenters. The third-order valence-corrected chi connectivity index (χ3v) is 6.76. The molecule has 0 saturated heterocycles. The normalized spacial score (nSPS) is 13.0. The number of anilines is 1. The summed E-state index contributed by atoms with van der Waals surface area (Å²) in [6.45, 7) is 4.14. The Bertz CT molecular complexity index is 961. The minimum absolute atomic E-state index is 0.0342. The molecular weight excluding hydrogens is 433 g/mol. The van der Waals surface area contributed by atoms with Crippen LogP contribution in [0, 0.1) is 5.92 Å². The van der Waals surface area contributed by atoms with E-state index in [9.17, 15) is 13.2 Å². The lowest BCUT2D eigenvalue weighted by Crippen LogP contribution is -2.33. The molecule has 0 aliphatic heterocycles. The summed E-state index contributed by atoms with van der Waals surface area (Å²) in [7, 11) is -0.753. The van der Waals surface area contributed by atoms with Crippen molar-refractivity contribution in [3.63, 3.8) is 0 Å². The monoisotopic (exact) mass is 457 g/mol. The van der Waals surface area contributed by atoms with Gasteiger partial charge in [-0.3, -0.25) is 4.79 Å². The van der Waals surface area contributed by atoms with Gasteiger partial charge in [-0.2, -0.15) is 0 Å². The molecule has 2 aromatic rings. The van der Waals surface area contributed by atoms with Crippen LogP contribution >= 0.6 is 23.2 Å². The molecule has 0 aliphatic carbocycles. The number of nitrogens with zero attached hydrogens (tertiary/aromatic N) is 1. The zero-order valence-corrected chi connectivity index (χ0v) is 19.1. The molecule has 0 aromatic heterocycles. The maximum absolute atomic E-state index is 12.5. The van der Waals surface area contributed by atoms with E-state index in [0.29, 0.717) is 5.02 Å². The van der Waals surface area contributed by atoms with Crippen molar-refractivity contribution in [2.45, 2.75) is 24.8 Å². The predicted octanol–water partition coefficient (Wildman–Crippen LogP) is 4.17. The van der Waals surface area contributed by atoms with E-state index >= 15 is 0 Å². The Morgan fingerprint density at radius 2 is 1.69 bits per heavy atom. The molecule has 0 fully saturated rings. The van der Waals surface area contributed by atoms with E-state index in [4.69, 9.17) is 23.2 Å². The minimum atomic E-state index is -3.63. The Kier molecular flexibility index (Phi) is 8.08. The maximum atomic E-state index is 12.5. The van der Waals surface area contributed by atoms with Gasteiger partial charge in [0.1, 0.15) is 0 Å². The average Bonchev–Trinajstić information content (AvgIpc) is 2.64. The van der Waals surface area contributed by atoms with E-state index in [1.54, 1.807) is 0 Å². The molecule has 0 spiro atoms. The van der Waals surface area contributed by atoms with E-state index in [1.165, 1.54) is 32.3 Å². The second-order valence-electron chi connectivity index (χ2n) is 7.13. The largest absolute Gasteiger partial charge is 0.324 e. The molecule has 0 radical (unpaired) electrons. The van der Waals surface area contributed by atoms with Crippen LogP contribution in [0.15, 0.2) is 47.4 Å². The van der Waals surface area contributed by atoms with Gasteiger partial charge in [-0.05, 0) is 41.8 Å². The summed E-state index contributed by atoms with van der Waals surface area (Å²) in [5.74, 6) is -0.0907. The zero-order valence-electron chi connectivity index (χ0n) is 16.7. The Morgan fingerprint density at radius 1 is 1.07 bits per heavy atom. The van der Waals surface area contributed by atoms with Crippen LogP contribution in [0.1, 0.15) is 25.5 Å². The summed E-state index contributed by atoms with van der Waals surface area (Å²) in [4.78, 5) is 12.5. The first kappa shape index (κ1) is 23.6. The van der Waals surface area contributed by atoms with Gasteiger partial charge in [0, 0.05) is 25.2 Å². The summed E-state index contributed by atoms with van der Waals surface area (Å²) in [6.07, 6.45) is 0. The molecule has 29 heavy (non-hydrogen) atoms. The first-order valence-corrected chi connectivity index (χ1v) is 11.2. The number of sulfonamides is 1. The van der Waals surface area contributed by atoms with Gasteiger partial charge >= 0.3 is 0 Å². The first-order valence-electron chi connectivity index (χ1n) is 9.03. The number of halogens is 2. The number of rotatable bonds is 8. The quantitative estimate of drug-likeness (QED) is 0.623. The Hall–Kier alpha value is -1.64. The molecule has 6 nitrogen and oxygen atoms in total. The number of benzene rings is 2. The molecule has 158 valence electrons. The molecule has 0 saturated carbocycles. The fraction of sp³-hybridized carbons (Fsp3) is 0.350. The molecule has 0 aliphatic rings. The summed E-state index contributed by atoms with van der Waals surface area (Å²) in [6, 6.07) is 11.6. The van der Waals surface area contributed by atoms with E-state index in [1.807, 2.05) is 24.3 Å². The lowest BCUT2D eigenvalue weighted by atomic mass is 9.96. The molecule has 9 heteroatoms. The molecule has 2 rings (SSSR count). The van der Waals surface area contributed by atoms with Gasteiger partial charge in [0.05, 0.1) is 22.2 Å². The van der Waals surface area contributed by atoms with Crippen molar-refractivity contribution in [1.82, 2.24) is 9.62 Å². The molecule has 2 aromatic carbocycles. The van der Waals surface area contributed by atoms with Crippen molar-refractivity contribution in [3.8, 4) is 0 Å². The van der Waals surface area contributed by atoms with Gasteiger partial charge in [-0.25, -0.2) is 12.7 Å². The fourth-order valence-electron chi connectivity index (χ4n) is 2.78. The Balaban J connectivity index is 2.11. The van der Waals surface area contributed by atoms with Crippen LogP contribution in [-0.2, 0) is 14.8 Å². The van der Waals surface area contributed by atoms with Crippen molar-refractivity contribution in [3.05, 3.63) is 58.1 Å². The second kappa shape index (κ2) is 9.91. The Morgan fingerprint density at radius 3 is 2.24 bits per heavy atom. The van der Waals surface area contributed by atoms with E-state index in [-0.39, 0.29) is 40.0 Å². The first-order chi connectivity index (χ1) is 13.5. The summed E-state index contributed by atoms with van der Waals surface area (Å²) in [5.41, 5.74) is 1.27. The number of nitrogens with one attached hydrogen (secondary N) is 2. The third-order valence-electron chi connectivity index (χ3n) is 4.37. The summed E-state index contributed by atoms with van der Waals surface area (Å²) in [5, 5.41) is 6.82. The minimum Gasteiger partial charge on any atom is -0.324 e. The van der Waals surface area contributed by atoms with Crippen molar-refractivity contribution in [2.75, 3.05) is 26.0 Å². The van der Waals surface area contributed by atoms with E-state index in [0.717, 1.165) is 9.87 Å². The smallest absolute Gasteiger partial charge is 0.242 e. The highest BCUT2D eigenvalue weighted by molar-refractivity contribution is 7.89. The molecule has 2 N–H and O–H groups in total. The van der Waals surface area contributed by atoms with Crippen molar-refractivity contribution in [1.29, 1.82) is 0 Å². The van der Waals surface area contributed by atoms with Gasteiger partial charge < -0.3 is 10.6 Å². The van der Waals surface area contributed by atoms with E-state index < -0.39 is 10.0 Å². The highest BCUT2D eigenvalue weighted by Crippen LogP contribution is 2.27. The van der Waals surface area contributed by atoms with Crippen molar-refractivity contribution in [2.24, 2.45) is 5.92 Å². The molecule has 1 unspecified atom stereocenters. The van der Waals surface area contributed by atoms with Gasteiger partial charge in [0.15, 0.2) is 0 Å². The number of hydrogen-bond acceptors (Lipinski definition) is 4. The van der Waals surface area contributed by atoms with Crippen molar-refractivity contribution >= 4 is 44.8 Å². The lowest BCUT2D eigenvalue weighted by molar-refractivity contribution is -0.115. The van der Waals surface area contributed by atoms with Gasteiger partial charge in [0.25, 0.3) is 0 Å². The van der Waals surface area contributed by atoms with Crippen LogP contribution < -0.4 is 10.6 Å². The summed E-state index contributed by atoms with van der Waals surface area (Å²) < 4.78 is 25.7.